The minimum Gasteiger partial charge on any atom is -0.479 e. The van der Waals surface area contributed by atoms with E-state index in [1.165, 1.54) is 32.2 Å². The molecule has 2 atom stereocenters. The predicted octanol–water partition coefficient (Wildman–Crippen LogP) is 4.35. The van der Waals surface area contributed by atoms with Crippen LogP contribution in [0.2, 0.25) is 0 Å². The van der Waals surface area contributed by atoms with Crippen LogP contribution in [0.5, 0.6) is 5.88 Å². The second-order valence-electron chi connectivity index (χ2n) is 9.04. The number of fused-ring (bicyclic) bond motifs is 1. The second kappa shape index (κ2) is 10.5. The zero-order valence-electron chi connectivity index (χ0n) is 20.9. The minimum atomic E-state index is -3.81. The molecule has 1 saturated heterocycles. The summed E-state index contributed by atoms with van der Waals surface area (Å²) in [6, 6.07) is 1.31. The number of alkyl halides is 4. The van der Waals surface area contributed by atoms with E-state index in [4.69, 9.17) is 10.3 Å². The van der Waals surface area contributed by atoms with Crippen LogP contribution in [0.1, 0.15) is 13.3 Å². The van der Waals surface area contributed by atoms with Gasteiger partial charge in [-0.05, 0) is 31.0 Å². The maximum absolute atomic E-state index is 15.2. The maximum Gasteiger partial charge on any atom is 0.281 e. The van der Waals surface area contributed by atoms with Crippen LogP contribution in [0.25, 0.3) is 16.6 Å². The molecule has 2 aromatic heterocycles. The second-order valence-corrected chi connectivity index (χ2v) is 11.0. The van der Waals surface area contributed by atoms with Crippen LogP contribution in [0.3, 0.4) is 0 Å². The molecule has 1 fully saturated rings. The SMILES string of the molecule is COc1nc(N[C@@H]2CCN(S(C)(=O)=O)CC2(F)F)nn2cc(F)c(-c3ccc(N=N)c(N[C@H](C)C(F)F)c3)c12. The van der Waals surface area contributed by atoms with E-state index in [0.717, 1.165) is 17.0 Å². The predicted molar refractivity (Wildman–Crippen MR) is 132 cm³/mol. The highest BCUT2D eigenvalue weighted by atomic mass is 32.2. The first-order valence-corrected chi connectivity index (χ1v) is 13.4. The zero-order valence-corrected chi connectivity index (χ0v) is 21.7. The number of nitrogens with zero attached hydrogens (tertiary/aromatic N) is 5. The average molecular weight is 577 g/mol. The summed E-state index contributed by atoms with van der Waals surface area (Å²) < 4.78 is 101. The lowest BCUT2D eigenvalue weighted by molar-refractivity contribution is -0.0541. The van der Waals surface area contributed by atoms with Crippen molar-refractivity contribution in [2.75, 3.05) is 37.1 Å². The van der Waals surface area contributed by atoms with Crippen molar-refractivity contribution in [3.63, 3.8) is 0 Å². The molecule has 0 bridgehead atoms. The number of hydrogen-bond donors (Lipinski definition) is 3. The number of benzene rings is 1. The first-order valence-electron chi connectivity index (χ1n) is 11.5. The number of hydrogen-bond acceptors (Lipinski definition) is 9. The fourth-order valence-electron chi connectivity index (χ4n) is 4.24. The molecule has 1 aliphatic heterocycles. The molecule has 0 radical (unpaired) electrons. The Morgan fingerprint density at radius 1 is 1.31 bits per heavy atom. The molecule has 1 aromatic carbocycles. The molecule has 0 saturated carbocycles. The van der Waals surface area contributed by atoms with Gasteiger partial charge in [0.2, 0.25) is 21.9 Å². The lowest BCUT2D eigenvalue weighted by Gasteiger charge is -2.37. The molecule has 17 heteroatoms. The molecule has 3 aromatic rings. The quantitative estimate of drug-likeness (QED) is 0.254. The third-order valence-corrected chi connectivity index (χ3v) is 7.50. The van der Waals surface area contributed by atoms with E-state index in [1.54, 1.807) is 0 Å². The number of halogens is 5. The first kappa shape index (κ1) is 28.4. The van der Waals surface area contributed by atoms with Crippen molar-refractivity contribution in [2.24, 2.45) is 5.11 Å². The Labute approximate surface area is 219 Å². The Hall–Kier alpha value is -3.60. The molecule has 3 N–H and O–H groups in total. The lowest BCUT2D eigenvalue weighted by Crippen LogP contribution is -2.55. The Morgan fingerprint density at radius 3 is 2.62 bits per heavy atom. The van der Waals surface area contributed by atoms with Gasteiger partial charge in [-0.3, -0.25) is 0 Å². The van der Waals surface area contributed by atoms with Crippen LogP contribution in [0.4, 0.5) is 39.3 Å². The van der Waals surface area contributed by atoms with E-state index < -0.39 is 46.8 Å². The fraction of sp³-hybridized carbons (Fsp3) is 0.455. The van der Waals surface area contributed by atoms with Gasteiger partial charge in [0.05, 0.1) is 49.4 Å². The smallest absolute Gasteiger partial charge is 0.281 e. The van der Waals surface area contributed by atoms with Gasteiger partial charge in [0, 0.05) is 6.54 Å². The first-order chi connectivity index (χ1) is 18.2. The molecule has 11 nitrogen and oxygen atoms in total. The summed E-state index contributed by atoms with van der Waals surface area (Å²) in [6.45, 7) is 0.0700. The molecular weight excluding hydrogens is 551 g/mol. The number of nitrogens with one attached hydrogen (secondary N) is 3. The highest BCUT2D eigenvalue weighted by molar-refractivity contribution is 7.88. The van der Waals surface area contributed by atoms with Gasteiger partial charge < -0.3 is 15.4 Å². The monoisotopic (exact) mass is 576 g/mol. The van der Waals surface area contributed by atoms with Gasteiger partial charge in [-0.1, -0.05) is 6.07 Å². The number of aromatic nitrogens is 3. The lowest BCUT2D eigenvalue weighted by atomic mass is 10.0. The normalized spacial score (nSPS) is 18.7. The highest BCUT2D eigenvalue weighted by Crippen LogP contribution is 2.38. The molecule has 0 unspecified atom stereocenters. The minimum absolute atomic E-state index is 0.0302. The van der Waals surface area contributed by atoms with Crippen LogP contribution in [-0.2, 0) is 10.0 Å². The number of ether oxygens (including phenoxy) is 1. The Balaban J connectivity index is 1.71. The van der Waals surface area contributed by atoms with Crippen LogP contribution in [0.15, 0.2) is 29.5 Å². The largest absolute Gasteiger partial charge is 0.479 e. The zero-order chi connectivity index (χ0) is 28.7. The Morgan fingerprint density at radius 2 is 2.03 bits per heavy atom. The summed E-state index contributed by atoms with van der Waals surface area (Å²) in [5.74, 6) is -4.73. The Kier molecular flexibility index (Phi) is 7.66. The van der Waals surface area contributed by atoms with Crippen molar-refractivity contribution >= 4 is 32.9 Å². The summed E-state index contributed by atoms with van der Waals surface area (Å²) in [5, 5.41) is 12.5. The van der Waals surface area contributed by atoms with E-state index in [9.17, 15) is 26.0 Å². The van der Waals surface area contributed by atoms with E-state index in [2.05, 4.69) is 25.8 Å². The number of anilines is 2. The van der Waals surface area contributed by atoms with Crippen molar-refractivity contribution in [2.45, 2.75) is 37.8 Å². The third kappa shape index (κ3) is 5.73. The van der Waals surface area contributed by atoms with Crippen LogP contribution >= 0.6 is 0 Å². The highest BCUT2D eigenvalue weighted by Gasteiger charge is 2.47. The Bertz CT molecular complexity index is 1500. The third-order valence-electron chi connectivity index (χ3n) is 6.25. The van der Waals surface area contributed by atoms with Gasteiger partial charge in [-0.15, -0.1) is 5.10 Å². The standard InChI is InChI=1S/C22H25F5N8O3S/c1-11(19(24)25)29-15-8-12(4-5-14(15)32-28)17-13(23)9-35-18(17)20(38-2)31-21(33-35)30-16-6-7-34(39(3,36)37)10-22(16,26)27/h4-5,8-9,11,16,19,28-29H,6-7,10H2,1-3H3,(H,30,33)/t11-,16-/m1/s1. The van der Waals surface area contributed by atoms with Crippen molar-refractivity contribution in [3.05, 3.63) is 30.2 Å². The van der Waals surface area contributed by atoms with Crippen LogP contribution in [-0.4, -0.2) is 78.2 Å². The van der Waals surface area contributed by atoms with Crippen molar-refractivity contribution in [3.8, 4) is 17.0 Å². The fourth-order valence-corrected chi connectivity index (χ4v) is 5.08. The van der Waals surface area contributed by atoms with E-state index >= 15 is 4.39 Å². The summed E-state index contributed by atoms with van der Waals surface area (Å²) in [6.07, 6.45) is -1.13. The van der Waals surface area contributed by atoms with Crippen LogP contribution < -0.4 is 15.4 Å². The molecule has 212 valence electrons. The number of piperidine rings is 1. The van der Waals surface area contributed by atoms with Gasteiger partial charge in [0.15, 0.2) is 5.82 Å². The van der Waals surface area contributed by atoms with Gasteiger partial charge >= 0.3 is 0 Å². The molecule has 3 heterocycles. The summed E-state index contributed by atoms with van der Waals surface area (Å²) in [5.41, 5.74) is 7.59. The molecule has 1 aliphatic rings. The number of rotatable bonds is 9. The molecule has 0 amide bonds. The molecule has 4 rings (SSSR count). The van der Waals surface area contributed by atoms with Crippen molar-refractivity contribution in [1.29, 1.82) is 5.53 Å². The summed E-state index contributed by atoms with van der Waals surface area (Å²) in [7, 11) is -2.57. The van der Waals surface area contributed by atoms with Gasteiger partial charge in [-0.25, -0.2) is 40.4 Å². The van der Waals surface area contributed by atoms with E-state index in [-0.39, 0.29) is 52.8 Å². The number of methoxy groups -OCH3 is 1. The topological polar surface area (TPSA) is 137 Å². The van der Waals surface area contributed by atoms with Gasteiger partial charge in [-0.2, -0.15) is 14.4 Å². The van der Waals surface area contributed by atoms with Gasteiger partial charge in [0.25, 0.3) is 12.3 Å². The molecule has 0 aliphatic carbocycles. The van der Waals surface area contributed by atoms with E-state index in [1.807, 2.05) is 0 Å². The maximum atomic E-state index is 15.2. The van der Waals surface area contributed by atoms with Crippen molar-refractivity contribution < 1.29 is 35.1 Å². The summed E-state index contributed by atoms with van der Waals surface area (Å²) in [4.78, 5) is 4.11. The molecule has 0 spiro atoms. The van der Waals surface area contributed by atoms with E-state index in [0.29, 0.717) is 4.31 Å². The molecular formula is C22H25F5N8O3S. The average Bonchev–Trinajstić information content (AvgIpc) is 3.19. The van der Waals surface area contributed by atoms with Gasteiger partial charge in [0.1, 0.15) is 11.2 Å². The van der Waals surface area contributed by atoms with Crippen molar-refractivity contribution in [1.82, 2.24) is 18.9 Å². The van der Waals surface area contributed by atoms with Crippen LogP contribution in [0, 0.1) is 11.3 Å². The number of sulfonamides is 1. The molecule has 39 heavy (non-hydrogen) atoms. The summed E-state index contributed by atoms with van der Waals surface area (Å²) >= 11 is 0.